The summed E-state index contributed by atoms with van der Waals surface area (Å²) in [4.78, 5) is 21.6. The lowest BCUT2D eigenvalue weighted by Crippen LogP contribution is -2.27. The number of amides is 1. The minimum Gasteiger partial charge on any atom is -0.481 e. The fraction of sp³-hybridized carbons (Fsp3) is 0.714. The number of carboxylic acids is 1. The van der Waals surface area contributed by atoms with Gasteiger partial charge >= 0.3 is 12.1 Å². The number of aliphatic carboxylic acids is 1. The number of hydrogen-bond donors (Lipinski definition) is 2. The molecule has 0 saturated heterocycles. The van der Waals surface area contributed by atoms with Gasteiger partial charge in [-0.3, -0.25) is 4.79 Å². The third-order valence-electron chi connectivity index (χ3n) is 1.36. The maximum absolute atomic E-state index is 10.3. The molecule has 2 N–H and O–H groups in total. The van der Waals surface area contributed by atoms with Crippen LogP contribution in [0.4, 0.5) is 4.79 Å². The fourth-order valence-electron chi connectivity index (χ4n) is 0.559. The fourth-order valence-corrected chi connectivity index (χ4v) is 1.48. The van der Waals surface area contributed by atoms with Gasteiger partial charge in [-0.2, -0.15) is 11.8 Å². The van der Waals surface area contributed by atoms with Gasteiger partial charge in [0.2, 0.25) is 0 Å². The first-order chi connectivity index (χ1) is 6.04. The molecule has 0 saturated carbocycles. The lowest BCUT2D eigenvalue weighted by molar-refractivity contribution is -0.136. The highest BCUT2D eigenvalue weighted by atomic mass is 32.2. The summed E-state index contributed by atoms with van der Waals surface area (Å²) in [6, 6.07) is 0. The molecule has 0 aliphatic heterocycles. The van der Waals surface area contributed by atoms with Crippen LogP contribution in [0.1, 0.15) is 6.42 Å². The van der Waals surface area contributed by atoms with Crippen molar-refractivity contribution in [3.05, 3.63) is 0 Å². The van der Waals surface area contributed by atoms with Crippen LogP contribution in [0.3, 0.4) is 0 Å². The summed E-state index contributed by atoms with van der Waals surface area (Å²) in [7, 11) is 1.49. The van der Waals surface area contributed by atoms with Crippen molar-refractivity contribution in [3.8, 4) is 0 Å². The Hall–Kier alpha value is -0.910. The summed E-state index contributed by atoms with van der Waals surface area (Å²) in [5, 5.41) is 16.7. The molecule has 0 atom stereocenters. The highest BCUT2D eigenvalue weighted by Gasteiger charge is 2.04. The van der Waals surface area contributed by atoms with Crippen molar-refractivity contribution in [2.75, 3.05) is 25.1 Å². The smallest absolute Gasteiger partial charge is 0.407 e. The van der Waals surface area contributed by atoms with Crippen molar-refractivity contribution < 1.29 is 19.8 Å². The molecule has 0 bridgehead atoms. The van der Waals surface area contributed by atoms with E-state index in [-0.39, 0.29) is 6.42 Å². The topological polar surface area (TPSA) is 77.8 Å². The molecule has 5 nitrogen and oxygen atoms in total. The van der Waals surface area contributed by atoms with Crippen LogP contribution in [0.15, 0.2) is 0 Å². The minimum absolute atomic E-state index is 0.126. The lowest BCUT2D eigenvalue weighted by atomic mass is 10.5. The van der Waals surface area contributed by atoms with Crippen LogP contribution in [0, 0.1) is 0 Å². The van der Waals surface area contributed by atoms with Crippen molar-refractivity contribution in [3.63, 3.8) is 0 Å². The van der Waals surface area contributed by atoms with Crippen molar-refractivity contribution in [1.82, 2.24) is 4.90 Å². The van der Waals surface area contributed by atoms with E-state index in [0.29, 0.717) is 18.1 Å². The average molecular weight is 207 g/mol. The normalized spacial score (nSPS) is 9.62. The van der Waals surface area contributed by atoms with E-state index in [2.05, 4.69) is 0 Å². The molecule has 0 spiro atoms. The summed E-state index contributed by atoms with van der Waals surface area (Å²) < 4.78 is 0. The summed E-state index contributed by atoms with van der Waals surface area (Å²) in [6.07, 6.45) is -0.833. The number of nitrogens with zero attached hydrogens (tertiary/aromatic N) is 1. The molecular formula is C7H13NO4S. The maximum Gasteiger partial charge on any atom is 0.407 e. The Morgan fingerprint density at radius 3 is 2.38 bits per heavy atom. The van der Waals surface area contributed by atoms with Crippen LogP contribution in [-0.2, 0) is 4.79 Å². The molecule has 0 aliphatic carbocycles. The summed E-state index contributed by atoms with van der Waals surface area (Å²) in [6.45, 7) is 0.430. The third kappa shape index (κ3) is 7.45. The van der Waals surface area contributed by atoms with Crippen molar-refractivity contribution >= 4 is 23.8 Å². The molecule has 0 rings (SSSR count). The first kappa shape index (κ1) is 12.1. The first-order valence-electron chi connectivity index (χ1n) is 3.77. The summed E-state index contributed by atoms with van der Waals surface area (Å²) in [5.41, 5.74) is 0. The Balaban J connectivity index is 3.26. The van der Waals surface area contributed by atoms with Crippen LogP contribution in [-0.4, -0.2) is 52.3 Å². The van der Waals surface area contributed by atoms with Gasteiger partial charge in [0.1, 0.15) is 0 Å². The van der Waals surface area contributed by atoms with Crippen LogP contribution in [0.5, 0.6) is 0 Å². The Kier molecular flexibility index (Phi) is 6.13. The van der Waals surface area contributed by atoms with Gasteiger partial charge in [0.05, 0.1) is 6.42 Å². The molecule has 0 aliphatic rings. The van der Waals surface area contributed by atoms with E-state index >= 15 is 0 Å². The molecule has 0 radical (unpaired) electrons. The number of carboxylic acid groups (broad SMARTS) is 2. The van der Waals surface area contributed by atoms with E-state index in [1.54, 1.807) is 0 Å². The Bertz CT molecular complexity index is 185. The molecule has 76 valence electrons. The standard InChI is InChI=1S/C7H13NO4S/c1-8(7(11)12)3-5-13-4-2-6(9)10/h2-5H2,1H3,(H,9,10)(H,11,12). The Morgan fingerprint density at radius 1 is 1.31 bits per heavy atom. The van der Waals surface area contributed by atoms with Crippen LogP contribution >= 0.6 is 11.8 Å². The second-order valence-electron chi connectivity index (χ2n) is 2.46. The van der Waals surface area contributed by atoms with Crippen LogP contribution < -0.4 is 0 Å². The molecule has 6 heteroatoms. The van der Waals surface area contributed by atoms with Crippen LogP contribution in [0.2, 0.25) is 0 Å². The van der Waals surface area contributed by atoms with E-state index in [1.807, 2.05) is 0 Å². The van der Waals surface area contributed by atoms with Gasteiger partial charge in [-0.05, 0) is 0 Å². The Labute approximate surface area is 80.7 Å². The van der Waals surface area contributed by atoms with Crippen LogP contribution in [0.25, 0.3) is 0 Å². The van der Waals surface area contributed by atoms with Crippen molar-refractivity contribution in [2.24, 2.45) is 0 Å². The number of thioether (sulfide) groups is 1. The van der Waals surface area contributed by atoms with E-state index in [0.717, 1.165) is 0 Å². The molecule has 0 heterocycles. The van der Waals surface area contributed by atoms with E-state index < -0.39 is 12.1 Å². The molecule has 1 amide bonds. The van der Waals surface area contributed by atoms with Crippen molar-refractivity contribution in [1.29, 1.82) is 0 Å². The second kappa shape index (κ2) is 6.59. The first-order valence-corrected chi connectivity index (χ1v) is 4.93. The molecular weight excluding hydrogens is 194 g/mol. The zero-order valence-electron chi connectivity index (χ0n) is 7.39. The van der Waals surface area contributed by atoms with Gasteiger partial charge in [-0.1, -0.05) is 0 Å². The largest absolute Gasteiger partial charge is 0.481 e. The van der Waals surface area contributed by atoms with Gasteiger partial charge in [0, 0.05) is 25.1 Å². The Morgan fingerprint density at radius 2 is 1.92 bits per heavy atom. The summed E-state index contributed by atoms with van der Waals surface area (Å²) in [5.74, 6) is 0.345. The predicted octanol–water partition coefficient (Wildman–Crippen LogP) is 0.804. The molecule has 0 fully saturated rings. The predicted molar refractivity (Wildman–Crippen MR) is 50.2 cm³/mol. The molecule has 13 heavy (non-hydrogen) atoms. The monoisotopic (exact) mass is 207 g/mol. The van der Waals surface area contributed by atoms with E-state index in [4.69, 9.17) is 10.2 Å². The zero-order valence-corrected chi connectivity index (χ0v) is 8.21. The molecule has 0 unspecified atom stereocenters. The lowest BCUT2D eigenvalue weighted by Gasteiger charge is -2.11. The highest BCUT2D eigenvalue weighted by Crippen LogP contribution is 2.02. The van der Waals surface area contributed by atoms with E-state index in [9.17, 15) is 9.59 Å². The molecule has 0 aromatic carbocycles. The SMILES string of the molecule is CN(CCSCCC(=O)O)C(=O)O. The quantitative estimate of drug-likeness (QED) is 0.630. The number of rotatable bonds is 6. The van der Waals surface area contributed by atoms with Gasteiger partial charge in [-0.15, -0.1) is 0 Å². The summed E-state index contributed by atoms with van der Waals surface area (Å²) >= 11 is 1.44. The minimum atomic E-state index is -0.959. The molecule has 0 aromatic rings. The van der Waals surface area contributed by atoms with Crippen molar-refractivity contribution in [2.45, 2.75) is 6.42 Å². The van der Waals surface area contributed by atoms with E-state index in [1.165, 1.54) is 23.7 Å². The maximum atomic E-state index is 10.3. The molecule has 0 aromatic heterocycles. The number of carbonyl (C=O) groups is 2. The van der Waals surface area contributed by atoms with Gasteiger partial charge in [0.15, 0.2) is 0 Å². The zero-order chi connectivity index (χ0) is 10.3. The third-order valence-corrected chi connectivity index (χ3v) is 2.32. The van der Waals surface area contributed by atoms with Gasteiger partial charge < -0.3 is 15.1 Å². The van der Waals surface area contributed by atoms with Gasteiger partial charge in [-0.25, -0.2) is 4.79 Å². The average Bonchev–Trinajstić information content (AvgIpc) is 2.02. The highest BCUT2D eigenvalue weighted by molar-refractivity contribution is 7.99. The second-order valence-corrected chi connectivity index (χ2v) is 3.68. The van der Waals surface area contributed by atoms with Gasteiger partial charge in [0.25, 0.3) is 0 Å². The number of hydrogen-bond acceptors (Lipinski definition) is 3.